The fourth-order valence-corrected chi connectivity index (χ4v) is 4.05. The van der Waals surface area contributed by atoms with E-state index < -0.39 is 0 Å². The molecule has 0 aliphatic heterocycles. The first-order valence-electron chi connectivity index (χ1n) is 8.53. The Kier molecular flexibility index (Phi) is 5.48. The van der Waals surface area contributed by atoms with Gasteiger partial charge in [0.15, 0.2) is 0 Å². The van der Waals surface area contributed by atoms with Gasteiger partial charge in [-0.1, -0.05) is 27.2 Å². The van der Waals surface area contributed by atoms with Crippen molar-refractivity contribution in [3.63, 3.8) is 0 Å². The van der Waals surface area contributed by atoms with Crippen molar-refractivity contribution in [2.45, 2.75) is 77.8 Å². The van der Waals surface area contributed by atoms with Crippen molar-refractivity contribution in [1.29, 1.82) is 0 Å². The van der Waals surface area contributed by atoms with E-state index in [1.807, 2.05) is 0 Å². The van der Waals surface area contributed by atoms with E-state index in [0.717, 1.165) is 38.0 Å². The van der Waals surface area contributed by atoms with E-state index in [-0.39, 0.29) is 5.92 Å². The molecule has 0 aromatic rings. The lowest BCUT2D eigenvalue weighted by Gasteiger charge is -2.39. The van der Waals surface area contributed by atoms with E-state index in [0.29, 0.717) is 29.8 Å². The number of carbonyl (C=O) groups is 1. The summed E-state index contributed by atoms with van der Waals surface area (Å²) in [6, 6.07) is 0.707. The summed E-state index contributed by atoms with van der Waals surface area (Å²) < 4.78 is 0. The van der Waals surface area contributed by atoms with Crippen molar-refractivity contribution < 1.29 is 4.79 Å². The number of rotatable bonds is 3. The van der Waals surface area contributed by atoms with Crippen LogP contribution in [0, 0.1) is 23.7 Å². The molecule has 3 atom stereocenters. The minimum Gasteiger partial charge on any atom is -0.353 e. The van der Waals surface area contributed by atoms with Gasteiger partial charge >= 0.3 is 0 Å². The van der Waals surface area contributed by atoms with E-state index in [9.17, 15) is 4.79 Å². The summed E-state index contributed by atoms with van der Waals surface area (Å²) in [6.45, 7) is 6.90. The molecule has 3 unspecified atom stereocenters. The highest BCUT2D eigenvalue weighted by molar-refractivity contribution is 5.79. The minimum absolute atomic E-state index is 0.208. The van der Waals surface area contributed by atoms with Gasteiger partial charge in [0.1, 0.15) is 0 Å². The zero-order valence-electron chi connectivity index (χ0n) is 13.4. The SMILES string of the molecule is CC1CCC(C(C)C)C(NC(=O)C2CCC(N)CC2)C1. The van der Waals surface area contributed by atoms with Gasteiger partial charge in [0, 0.05) is 18.0 Å². The van der Waals surface area contributed by atoms with Crippen molar-refractivity contribution in [1.82, 2.24) is 5.32 Å². The van der Waals surface area contributed by atoms with Gasteiger partial charge in [-0.3, -0.25) is 4.79 Å². The third-order valence-corrected chi connectivity index (χ3v) is 5.49. The van der Waals surface area contributed by atoms with Crippen LogP contribution in [0.15, 0.2) is 0 Å². The number of carbonyl (C=O) groups excluding carboxylic acids is 1. The van der Waals surface area contributed by atoms with Crippen LogP contribution in [0.25, 0.3) is 0 Å². The molecule has 2 saturated carbocycles. The highest BCUT2D eigenvalue weighted by Gasteiger charge is 2.33. The number of amides is 1. The summed E-state index contributed by atoms with van der Waals surface area (Å²) in [5.74, 6) is 2.56. The molecular formula is C17H32N2O. The molecule has 0 saturated heterocycles. The topological polar surface area (TPSA) is 55.1 Å². The molecule has 3 N–H and O–H groups in total. The van der Waals surface area contributed by atoms with Crippen LogP contribution in [-0.2, 0) is 4.79 Å². The van der Waals surface area contributed by atoms with Crippen LogP contribution < -0.4 is 11.1 Å². The number of nitrogens with two attached hydrogens (primary N) is 1. The van der Waals surface area contributed by atoms with Gasteiger partial charge in [0.25, 0.3) is 0 Å². The van der Waals surface area contributed by atoms with Gasteiger partial charge in [-0.2, -0.15) is 0 Å². The summed E-state index contributed by atoms with van der Waals surface area (Å²) in [4.78, 5) is 12.5. The van der Waals surface area contributed by atoms with Crippen molar-refractivity contribution in [2.24, 2.45) is 29.4 Å². The first-order chi connectivity index (χ1) is 9.47. The Morgan fingerprint density at radius 1 is 1.10 bits per heavy atom. The summed E-state index contributed by atoms with van der Waals surface area (Å²) in [7, 11) is 0. The quantitative estimate of drug-likeness (QED) is 0.834. The lowest BCUT2D eigenvalue weighted by atomic mass is 9.73. The predicted octanol–water partition coefficient (Wildman–Crippen LogP) is 3.08. The molecule has 2 aliphatic carbocycles. The maximum Gasteiger partial charge on any atom is 0.223 e. The molecule has 0 aromatic carbocycles. The summed E-state index contributed by atoms with van der Waals surface area (Å²) in [5.41, 5.74) is 5.93. The Hall–Kier alpha value is -0.570. The molecule has 2 fully saturated rings. The first-order valence-corrected chi connectivity index (χ1v) is 8.53. The van der Waals surface area contributed by atoms with Crippen molar-refractivity contribution in [3.8, 4) is 0 Å². The van der Waals surface area contributed by atoms with Crippen LogP contribution in [-0.4, -0.2) is 18.0 Å². The molecule has 1 amide bonds. The predicted molar refractivity (Wildman–Crippen MR) is 83.2 cm³/mol. The van der Waals surface area contributed by atoms with E-state index >= 15 is 0 Å². The summed E-state index contributed by atoms with van der Waals surface area (Å²) in [5, 5.41) is 3.39. The second kappa shape index (κ2) is 6.93. The fraction of sp³-hybridized carbons (Fsp3) is 0.941. The van der Waals surface area contributed by atoms with E-state index in [1.54, 1.807) is 0 Å². The molecule has 0 bridgehead atoms. The van der Waals surface area contributed by atoms with E-state index in [2.05, 4.69) is 26.1 Å². The van der Waals surface area contributed by atoms with Gasteiger partial charge < -0.3 is 11.1 Å². The third kappa shape index (κ3) is 3.97. The zero-order valence-corrected chi connectivity index (χ0v) is 13.4. The molecule has 20 heavy (non-hydrogen) atoms. The number of hydrogen-bond acceptors (Lipinski definition) is 2. The van der Waals surface area contributed by atoms with Gasteiger partial charge in [-0.25, -0.2) is 0 Å². The lowest BCUT2D eigenvalue weighted by molar-refractivity contribution is -0.127. The number of hydrogen-bond donors (Lipinski definition) is 2. The van der Waals surface area contributed by atoms with Crippen molar-refractivity contribution in [2.75, 3.05) is 0 Å². The maximum atomic E-state index is 12.5. The molecule has 3 nitrogen and oxygen atoms in total. The van der Waals surface area contributed by atoms with Crippen LogP contribution in [0.1, 0.15) is 65.7 Å². The first kappa shape index (κ1) is 15.8. The van der Waals surface area contributed by atoms with Crippen molar-refractivity contribution >= 4 is 5.91 Å². The highest BCUT2D eigenvalue weighted by Crippen LogP contribution is 2.34. The fourth-order valence-electron chi connectivity index (χ4n) is 4.05. The molecule has 0 heterocycles. The second-order valence-electron chi connectivity index (χ2n) is 7.55. The molecule has 2 rings (SSSR count). The van der Waals surface area contributed by atoms with Crippen LogP contribution >= 0.6 is 0 Å². The Morgan fingerprint density at radius 2 is 1.75 bits per heavy atom. The molecule has 2 aliphatic rings. The Balaban J connectivity index is 1.90. The summed E-state index contributed by atoms with van der Waals surface area (Å²) >= 11 is 0. The smallest absolute Gasteiger partial charge is 0.223 e. The summed E-state index contributed by atoms with van der Waals surface area (Å²) in [6.07, 6.45) is 7.69. The average Bonchev–Trinajstić information content (AvgIpc) is 2.39. The van der Waals surface area contributed by atoms with Crippen LogP contribution in [0.2, 0.25) is 0 Å². The second-order valence-corrected chi connectivity index (χ2v) is 7.55. The molecule has 3 heteroatoms. The lowest BCUT2D eigenvalue weighted by Crippen LogP contribution is -2.48. The maximum absolute atomic E-state index is 12.5. The Bertz CT molecular complexity index is 321. The average molecular weight is 280 g/mol. The van der Waals surface area contributed by atoms with E-state index in [1.165, 1.54) is 12.8 Å². The van der Waals surface area contributed by atoms with Gasteiger partial charge in [-0.05, 0) is 56.3 Å². The molecule has 0 spiro atoms. The van der Waals surface area contributed by atoms with Gasteiger partial charge in [-0.15, -0.1) is 0 Å². The van der Waals surface area contributed by atoms with Gasteiger partial charge in [0.05, 0.1) is 0 Å². The van der Waals surface area contributed by atoms with E-state index in [4.69, 9.17) is 5.73 Å². The largest absolute Gasteiger partial charge is 0.353 e. The highest BCUT2D eigenvalue weighted by atomic mass is 16.1. The Labute approximate surface area is 124 Å². The number of nitrogens with one attached hydrogen (secondary N) is 1. The standard InChI is InChI=1S/C17H32N2O/c1-11(2)15-9-4-12(3)10-16(15)19-17(20)13-5-7-14(18)8-6-13/h11-16H,4-10,18H2,1-3H3,(H,19,20). The van der Waals surface area contributed by atoms with Crippen molar-refractivity contribution in [3.05, 3.63) is 0 Å². The molecule has 0 radical (unpaired) electrons. The molecule has 0 aromatic heterocycles. The Morgan fingerprint density at radius 3 is 2.35 bits per heavy atom. The normalized spacial score (nSPS) is 38.8. The van der Waals surface area contributed by atoms with Crippen LogP contribution in [0.5, 0.6) is 0 Å². The minimum atomic E-state index is 0.208. The molecular weight excluding hydrogens is 248 g/mol. The van der Waals surface area contributed by atoms with Gasteiger partial charge in [0.2, 0.25) is 5.91 Å². The zero-order chi connectivity index (χ0) is 14.7. The van der Waals surface area contributed by atoms with Crippen LogP contribution in [0.3, 0.4) is 0 Å². The third-order valence-electron chi connectivity index (χ3n) is 5.49. The molecule has 116 valence electrons. The monoisotopic (exact) mass is 280 g/mol. The van der Waals surface area contributed by atoms with Crippen LogP contribution in [0.4, 0.5) is 0 Å².